The molecule has 1 aromatic carbocycles. The maximum Gasteiger partial charge on any atom is 0.410 e. The zero-order chi connectivity index (χ0) is 20.1. The van der Waals surface area contributed by atoms with Crippen LogP contribution in [0.3, 0.4) is 0 Å². The lowest BCUT2D eigenvalue weighted by Crippen LogP contribution is -2.48. The summed E-state index contributed by atoms with van der Waals surface area (Å²) >= 11 is 0. The molecule has 2 saturated heterocycles. The molecule has 2 aliphatic rings. The minimum atomic E-state index is -0.461. The number of piperidine rings is 1. The molecule has 1 N–H and O–H groups in total. The average molecular weight is 389 g/mol. The van der Waals surface area contributed by atoms with Crippen LogP contribution in [0.4, 0.5) is 9.59 Å². The number of fused-ring (bicyclic) bond motifs is 2. The Labute approximate surface area is 167 Å². The smallest absolute Gasteiger partial charge is 0.410 e. The molecule has 2 fully saturated rings. The summed E-state index contributed by atoms with van der Waals surface area (Å²) in [6, 6.07) is 10.2. The van der Waals surface area contributed by atoms with Gasteiger partial charge in [0.05, 0.1) is 0 Å². The first kappa shape index (κ1) is 20.5. The summed E-state index contributed by atoms with van der Waals surface area (Å²) in [4.78, 5) is 26.3. The standard InChI is InChI=1S/C22H32N2O4/c1-22(2,3)28-21(26)24-18-9-10-19(24)14-17(13-18)11-12-23-20(25)27-15-16-7-5-4-6-8-16/h4-8,17-19H,9-15H2,1-3H3,(H,23,25). The van der Waals surface area contributed by atoms with Crippen LogP contribution in [0.25, 0.3) is 0 Å². The van der Waals surface area contributed by atoms with Gasteiger partial charge in [0.2, 0.25) is 0 Å². The van der Waals surface area contributed by atoms with E-state index in [4.69, 9.17) is 9.47 Å². The summed E-state index contributed by atoms with van der Waals surface area (Å²) in [5.41, 5.74) is 0.515. The number of nitrogens with zero attached hydrogens (tertiary/aromatic N) is 1. The first-order valence-electron chi connectivity index (χ1n) is 10.3. The number of amides is 2. The minimum absolute atomic E-state index is 0.180. The van der Waals surface area contributed by atoms with Gasteiger partial charge in [-0.3, -0.25) is 0 Å². The van der Waals surface area contributed by atoms with Gasteiger partial charge in [-0.25, -0.2) is 9.59 Å². The second kappa shape index (κ2) is 8.84. The lowest BCUT2D eigenvalue weighted by Gasteiger charge is -2.39. The summed E-state index contributed by atoms with van der Waals surface area (Å²) in [7, 11) is 0. The molecular weight excluding hydrogens is 356 g/mol. The van der Waals surface area contributed by atoms with Crippen LogP contribution >= 0.6 is 0 Å². The van der Waals surface area contributed by atoms with Crippen molar-refractivity contribution < 1.29 is 19.1 Å². The molecule has 2 heterocycles. The van der Waals surface area contributed by atoms with E-state index in [1.54, 1.807) is 0 Å². The van der Waals surface area contributed by atoms with Gasteiger partial charge in [-0.05, 0) is 64.4 Å². The minimum Gasteiger partial charge on any atom is -0.445 e. The van der Waals surface area contributed by atoms with Crippen molar-refractivity contribution in [3.8, 4) is 0 Å². The number of nitrogens with one attached hydrogen (secondary N) is 1. The normalized spacial score (nSPS) is 24.0. The van der Waals surface area contributed by atoms with Gasteiger partial charge in [0, 0.05) is 18.6 Å². The predicted octanol–water partition coefficient (Wildman–Crippen LogP) is 4.48. The summed E-state index contributed by atoms with van der Waals surface area (Å²) in [5, 5.41) is 2.85. The van der Waals surface area contributed by atoms with Gasteiger partial charge in [-0.1, -0.05) is 30.3 Å². The van der Waals surface area contributed by atoms with Crippen molar-refractivity contribution in [2.45, 2.75) is 77.2 Å². The van der Waals surface area contributed by atoms with Crippen molar-refractivity contribution in [1.82, 2.24) is 10.2 Å². The second-order valence-electron chi connectivity index (χ2n) is 8.89. The molecule has 0 radical (unpaired) electrons. The highest BCUT2D eigenvalue weighted by atomic mass is 16.6. The Hall–Kier alpha value is -2.24. The molecule has 6 heteroatoms. The number of ether oxygens (including phenoxy) is 2. The molecular formula is C22H32N2O4. The van der Waals surface area contributed by atoms with Crippen molar-refractivity contribution in [3.05, 3.63) is 35.9 Å². The molecule has 154 valence electrons. The quantitative estimate of drug-likeness (QED) is 0.807. The highest BCUT2D eigenvalue weighted by Crippen LogP contribution is 2.40. The largest absolute Gasteiger partial charge is 0.445 e. The van der Waals surface area contributed by atoms with E-state index in [-0.39, 0.29) is 30.9 Å². The fraction of sp³-hybridized carbons (Fsp3) is 0.636. The summed E-state index contributed by atoms with van der Waals surface area (Å²) in [5.74, 6) is 0.519. The molecule has 0 aliphatic carbocycles. The topological polar surface area (TPSA) is 67.9 Å². The van der Waals surface area contributed by atoms with Crippen LogP contribution < -0.4 is 5.32 Å². The third-order valence-electron chi connectivity index (χ3n) is 5.47. The van der Waals surface area contributed by atoms with Crippen molar-refractivity contribution in [2.75, 3.05) is 6.54 Å². The van der Waals surface area contributed by atoms with Crippen molar-refractivity contribution >= 4 is 12.2 Å². The molecule has 0 aromatic heterocycles. The Balaban J connectivity index is 1.38. The molecule has 2 unspecified atom stereocenters. The molecule has 0 saturated carbocycles. The predicted molar refractivity (Wildman–Crippen MR) is 107 cm³/mol. The van der Waals surface area contributed by atoms with Crippen LogP contribution in [-0.4, -0.2) is 41.3 Å². The fourth-order valence-electron chi connectivity index (χ4n) is 4.29. The zero-order valence-corrected chi connectivity index (χ0v) is 17.1. The Bertz CT molecular complexity index is 657. The Kier molecular flexibility index (Phi) is 6.47. The lowest BCUT2D eigenvalue weighted by molar-refractivity contribution is 0.00171. The number of carbonyl (C=O) groups is 2. The highest BCUT2D eigenvalue weighted by Gasteiger charge is 2.44. The molecule has 6 nitrogen and oxygen atoms in total. The number of benzene rings is 1. The number of hydrogen-bond acceptors (Lipinski definition) is 4. The molecule has 2 amide bonds. The lowest BCUT2D eigenvalue weighted by atomic mass is 9.88. The van der Waals surface area contributed by atoms with Crippen molar-refractivity contribution in [2.24, 2.45) is 5.92 Å². The average Bonchev–Trinajstić information content (AvgIpc) is 2.90. The number of carbonyl (C=O) groups excluding carboxylic acids is 2. The van der Waals surface area contributed by atoms with E-state index in [0.29, 0.717) is 12.5 Å². The first-order valence-corrected chi connectivity index (χ1v) is 10.3. The van der Waals surface area contributed by atoms with Gasteiger partial charge in [0.1, 0.15) is 12.2 Å². The van der Waals surface area contributed by atoms with Crippen LogP contribution in [0.15, 0.2) is 30.3 Å². The summed E-state index contributed by atoms with van der Waals surface area (Å²) in [6.45, 7) is 6.60. The van der Waals surface area contributed by atoms with Crippen molar-refractivity contribution in [3.63, 3.8) is 0 Å². The van der Waals surface area contributed by atoms with E-state index in [1.165, 1.54) is 0 Å². The van der Waals surface area contributed by atoms with Crippen LogP contribution in [0.1, 0.15) is 58.4 Å². The Morgan fingerprint density at radius 3 is 2.36 bits per heavy atom. The number of hydrogen-bond donors (Lipinski definition) is 1. The maximum atomic E-state index is 12.5. The van der Waals surface area contributed by atoms with Gasteiger partial charge < -0.3 is 19.7 Å². The molecule has 2 atom stereocenters. The maximum absolute atomic E-state index is 12.5. The molecule has 3 rings (SSSR count). The fourth-order valence-corrected chi connectivity index (χ4v) is 4.29. The molecule has 0 spiro atoms. The van der Waals surface area contributed by atoms with Gasteiger partial charge in [0.15, 0.2) is 0 Å². The monoisotopic (exact) mass is 388 g/mol. The van der Waals surface area contributed by atoms with Crippen LogP contribution in [0.2, 0.25) is 0 Å². The zero-order valence-electron chi connectivity index (χ0n) is 17.1. The summed E-state index contributed by atoms with van der Waals surface area (Å²) in [6.07, 6.45) is 4.42. The summed E-state index contributed by atoms with van der Waals surface area (Å²) < 4.78 is 10.8. The van der Waals surface area contributed by atoms with Crippen LogP contribution in [0, 0.1) is 5.92 Å². The van der Waals surface area contributed by atoms with Gasteiger partial charge in [-0.15, -0.1) is 0 Å². The Morgan fingerprint density at radius 1 is 1.11 bits per heavy atom. The van der Waals surface area contributed by atoms with E-state index >= 15 is 0 Å². The van der Waals surface area contributed by atoms with Crippen LogP contribution in [0.5, 0.6) is 0 Å². The van der Waals surface area contributed by atoms with Gasteiger partial charge in [0.25, 0.3) is 0 Å². The van der Waals surface area contributed by atoms with E-state index in [9.17, 15) is 9.59 Å². The Morgan fingerprint density at radius 2 is 1.75 bits per heavy atom. The number of alkyl carbamates (subject to hydrolysis) is 1. The highest BCUT2D eigenvalue weighted by molar-refractivity contribution is 5.69. The third kappa shape index (κ3) is 5.63. The molecule has 28 heavy (non-hydrogen) atoms. The van der Waals surface area contributed by atoms with Crippen LogP contribution in [-0.2, 0) is 16.1 Å². The van der Waals surface area contributed by atoms with E-state index in [0.717, 1.165) is 37.7 Å². The van der Waals surface area contributed by atoms with E-state index in [2.05, 4.69) is 5.32 Å². The number of rotatable bonds is 5. The van der Waals surface area contributed by atoms with Gasteiger partial charge in [-0.2, -0.15) is 0 Å². The van der Waals surface area contributed by atoms with Gasteiger partial charge >= 0.3 is 12.2 Å². The molecule has 1 aromatic rings. The first-order chi connectivity index (χ1) is 13.3. The SMILES string of the molecule is CC(C)(C)OC(=O)N1C2CCC1CC(CCNC(=O)OCc1ccccc1)C2. The third-order valence-corrected chi connectivity index (χ3v) is 5.47. The van der Waals surface area contributed by atoms with E-state index < -0.39 is 5.60 Å². The molecule has 2 bridgehead atoms. The molecule has 2 aliphatic heterocycles. The van der Waals surface area contributed by atoms with E-state index in [1.807, 2.05) is 56.0 Å². The van der Waals surface area contributed by atoms with Crippen molar-refractivity contribution in [1.29, 1.82) is 0 Å². The second-order valence-corrected chi connectivity index (χ2v) is 8.89.